The molecule has 0 amide bonds. The first kappa shape index (κ1) is 33.3. The molecule has 0 nitrogen and oxygen atoms in total. The summed E-state index contributed by atoms with van der Waals surface area (Å²) < 4.78 is 2.96. The maximum absolute atomic E-state index is 2.47. The summed E-state index contributed by atoms with van der Waals surface area (Å²) in [7, 11) is 0. The van der Waals surface area contributed by atoms with Crippen molar-refractivity contribution in [3.8, 4) is 0 Å². The van der Waals surface area contributed by atoms with Crippen molar-refractivity contribution in [1.29, 1.82) is 0 Å². The lowest BCUT2D eigenvalue weighted by Gasteiger charge is -2.58. The molecular weight excluding hydrogens is 681 g/mol. The minimum Gasteiger partial charge on any atom is -0.102 e. The number of thioether (sulfide) groups is 4. The van der Waals surface area contributed by atoms with Crippen molar-refractivity contribution >= 4 is 47.0 Å². The van der Waals surface area contributed by atoms with Crippen LogP contribution in [0.2, 0.25) is 0 Å². The molecular formula is C46H44S4. The average Bonchev–Trinajstić information content (AvgIpc) is 3.76. The highest BCUT2D eigenvalue weighted by Crippen LogP contribution is 2.77. The highest BCUT2D eigenvalue weighted by atomic mass is 32.2. The molecule has 2 bridgehead atoms. The zero-order chi connectivity index (χ0) is 34.7. The van der Waals surface area contributed by atoms with Gasteiger partial charge in [-0.15, -0.1) is 47.0 Å². The van der Waals surface area contributed by atoms with Gasteiger partial charge in [0, 0.05) is 19.6 Å². The molecule has 0 spiro atoms. The van der Waals surface area contributed by atoms with Gasteiger partial charge in [-0.2, -0.15) is 0 Å². The molecule has 0 N–H and O–H groups in total. The van der Waals surface area contributed by atoms with Gasteiger partial charge >= 0.3 is 0 Å². The molecule has 4 heteroatoms. The highest BCUT2D eigenvalue weighted by Gasteiger charge is 2.66. The summed E-state index contributed by atoms with van der Waals surface area (Å²) >= 11 is 8.25. The summed E-state index contributed by atoms with van der Waals surface area (Å²) in [6.45, 7) is 18.8. The second-order valence-electron chi connectivity index (χ2n) is 15.5. The molecule has 50 heavy (non-hydrogen) atoms. The number of hydrogen-bond donors (Lipinski definition) is 0. The van der Waals surface area contributed by atoms with E-state index in [1.54, 1.807) is 0 Å². The molecule has 10 rings (SSSR count). The van der Waals surface area contributed by atoms with Gasteiger partial charge in [0.05, 0.1) is 10.8 Å². The molecule has 0 aromatic heterocycles. The van der Waals surface area contributed by atoms with Crippen molar-refractivity contribution in [1.82, 2.24) is 0 Å². The molecule has 5 aromatic rings. The van der Waals surface area contributed by atoms with E-state index in [4.69, 9.17) is 0 Å². The molecule has 0 atom stereocenters. The third-order valence-corrected chi connectivity index (χ3v) is 17.2. The van der Waals surface area contributed by atoms with Crippen LogP contribution in [0, 0.1) is 9.16 Å². The van der Waals surface area contributed by atoms with Gasteiger partial charge in [0.2, 0.25) is 0 Å². The fraction of sp³-hybridized carbons (Fsp3) is 0.304. The van der Waals surface area contributed by atoms with Crippen molar-refractivity contribution in [3.05, 3.63) is 162 Å². The van der Waals surface area contributed by atoms with Crippen molar-refractivity contribution in [3.63, 3.8) is 0 Å². The van der Waals surface area contributed by atoms with E-state index in [1.807, 2.05) is 0 Å². The summed E-state index contributed by atoms with van der Waals surface area (Å²) in [5.74, 6) is 1.86. The molecule has 2 heterocycles. The fourth-order valence-corrected chi connectivity index (χ4v) is 16.1. The van der Waals surface area contributed by atoms with E-state index in [0.717, 1.165) is 0 Å². The zero-order valence-corrected chi connectivity index (χ0v) is 33.4. The van der Waals surface area contributed by atoms with E-state index in [2.05, 4.69) is 199 Å². The smallest absolute Gasteiger partial charge is 0.102 e. The van der Waals surface area contributed by atoms with Gasteiger partial charge in [-0.1, -0.05) is 152 Å². The van der Waals surface area contributed by atoms with Crippen molar-refractivity contribution < 1.29 is 0 Å². The monoisotopic (exact) mass is 724 g/mol. The Morgan fingerprint density at radius 1 is 0.320 bits per heavy atom. The predicted molar refractivity (Wildman–Crippen MR) is 218 cm³/mol. The largest absolute Gasteiger partial charge is 0.114 e. The van der Waals surface area contributed by atoms with Crippen molar-refractivity contribution in [2.75, 3.05) is 0 Å². The predicted octanol–water partition coefficient (Wildman–Crippen LogP) is 14.3. The van der Waals surface area contributed by atoms with Gasteiger partial charge in [0.15, 0.2) is 0 Å². The Balaban J connectivity index is 1.31. The third-order valence-electron chi connectivity index (χ3n) is 11.4. The SMILES string of the molecule is CC(C)c1ccc(C(C)C)c2c1S[C](C13c4ccccc4C([C]4Sc5c(C(C)C)ccc(C(C)C)c5S4)(c4ccccc41)c1ccccc13)S2. The van der Waals surface area contributed by atoms with Crippen LogP contribution in [0.5, 0.6) is 0 Å². The topological polar surface area (TPSA) is 0 Å². The van der Waals surface area contributed by atoms with Crippen LogP contribution in [0.1, 0.15) is 135 Å². The van der Waals surface area contributed by atoms with Crippen LogP contribution in [0.15, 0.2) is 117 Å². The first-order valence-electron chi connectivity index (χ1n) is 18.2. The van der Waals surface area contributed by atoms with Crippen LogP contribution >= 0.6 is 47.0 Å². The number of rotatable bonds is 6. The average molecular weight is 725 g/mol. The lowest BCUT2D eigenvalue weighted by molar-refractivity contribution is 0.554. The molecule has 0 saturated carbocycles. The van der Waals surface area contributed by atoms with Crippen LogP contribution in [-0.4, -0.2) is 0 Å². The van der Waals surface area contributed by atoms with Gasteiger partial charge < -0.3 is 0 Å². The number of benzene rings is 5. The molecule has 5 aromatic carbocycles. The lowest BCUT2D eigenvalue weighted by atomic mass is 9.48. The van der Waals surface area contributed by atoms with E-state index >= 15 is 0 Å². The summed E-state index contributed by atoms with van der Waals surface area (Å²) in [6.07, 6.45) is 0. The standard InChI is InChI=1S/C46H44S4/c1-25(2)29-21-22-30(26(3)4)40-39(29)47-43(48-40)45-33-15-9-12-18-36(33)46(37-19-13-10-16-34(37)45,38-20-14-11-17-35(38)45)44-49-41-31(27(5)6)23-24-32(28(7)8)42(41)50-44/h9-28H,1-8H3. The molecule has 0 saturated heterocycles. The van der Waals surface area contributed by atoms with E-state index in [-0.39, 0.29) is 10.8 Å². The van der Waals surface area contributed by atoms with Crippen molar-refractivity contribution in [2.45, 2.75) is 109 Å². The van der Waals surface area contributed by atoms with E-state index in [0.29, 0.717) is 23.7 Å². The fourth-order valence-electron chi connectivity index (χ4n) is 9.09. The minimum absolute atomic E-state index is 0.379. The second kappa shape index (κ2) is 12.0. The highest BCUT2D eigenvalue weighted by molar-refractivity contribution is 8.23. The second-order valence-corrected chi connectivity index (χ2v) is 20.1. The first-order chi connectivity index (χ1) is 24.1. The van der Waals surface area contributed by atoms with Crippen LogP contribution in [0.4, 0.5) is 0 Å². The number of fused-ring (bicyclic) bond motifs is 2. The van der Waals surface area contributed by atoms with E-state index < -0.39 is 0 Å². The van der Waals surface area contributed by atoms with E-state index in [9.17, 15) is 0 Å². The Labute approximate surface area is 316 Å². The molecule has 2 aliphatic heterocycles. The maximum Gasteiger partial charge on any atom is 0.114 e. The Bertz CT molecular complexity index is 1830. The van der Waals surface area contributed by atoms with Crippen molar-refractivity contribution in [2.24, 2.45) is 0 Å². The van der Waals surface area contributed by atoms with Gasteiger partial charge in [0.25, 0.3) is 0 Å². The zero-order valence-electron chi connectivity index (χ0n) is 30.2. The normalized spacial score (nSPS) is 22.0. The molecule has 3 aliphatic carbocycles. The van der Waals surface area contributed by atoms with E-state index in [1.165, 1.54) is 84.4 Å². The summed E-state index contributed by atoms with van der Waals surface area (Å²) in [5.41, 5.74) is 13.8. The summed E-state index contributed by atoms with van der Waals surface area (Å²) in [5, 5.41) is 0. The van der Waals surface area contributed by atoms with Gasteiger partial charge in [-0.3, -0.25) is 0 Å². The lowest BCUT2D eigenvalue weighted by Crippen LogP contribution is -2.53. The minimum atomic E-state index is -0.379. The van der Waals surface area contributed by atoms with Gasteiger partial charge in [0.1, 0.15) is 9.16 Å². The van der Waals surface area contributed by atoms with Gasteiger partial charge in [-0.25, -0.2) is 0 Å². The Morgan fingerprint density at radius 3 is 0.700 bits per heavy atom. The maximum atomic E-state index is 2.47. The quantitative estimate of drug-likeness (QED) is 0.171. The van der Waals surface area contributed by atoms with Crippen LogP contribution < -0.4 is 0 Å². The van der Waals surface area contributed by atoms with Crippen LogP contribution in [0.25, 0.3) is 0 Å². The Hall–Kier alpha value is -2.50. The molecule has 0 unspecified atom stereocenters. The van der Waals surface area contributed by atoms with Gasteiger partial charge in [-0.05, 0) is 79.3 Å². The number of hydrogen-bond acceptors (Lipinski definition) is 4. The third kappa shape index (κ3) is 4.32. The van der Waals surface area contributed by atoms with Crippen LogP contribution in [0.3, 0.4) is 0 Å². The van der Waals surface area contributed by atoms with Crippen LogP contribution in [-0.2, 0) is 10.8 Å². The molecule has 0 fully saturated rings. The summed E-state index contributed by atoms with van der Waals surface area (Å²) in [4.78, 5) is 5.91. The first-order valence-corrected chi connectivity index (χ1v) is 21.5. The molecule has 252 valence electrons. The Morgan fingerprint density at radius 2 is 0.520 bits per heavy atom. The summed E-state index contributed by atoms with van der Waals surface area (Å²) in [6, 6.07) is 38.2. The Kier molecular flexibility index (Phi) is 8.01. The molecule has 5 aliphatic rings. The molecule has 2 radical (unpaired) electrons.